The summed E-state index contributed by atoms with van der Waals surface area (Å²) < 4.78 is 4.95. The minimum atomic E-state index is -0.317. The van der Waals surface area contributed by atoms with Gasteiger partial charge in [0, 0.05) is 11.8 Å². The van der Waals surface area contributed by atoms with Crippen molar-refractivity contribution >= 4 is 17.4 Å². The van der Waals surface area contributed by atoms with Crippen LogP contribution in [-0.2, 0) is 4.79 Å². The van der Waals surface area contributed by atoms with Crippen molar-refractivity contribution in [1.82, 2.24) is 5.16 Å². The predicted molar refractivity (Wildman–Crippen MR) is 83.5 cm³/mol. The number of nitrogens with zero attached hydrogens (tertiary/aromatic N) is 1. The topological polar surface area (TPSA) is 67.2 Å². The number of rotatable bonds is 5. The van der Waals surface area contributed by atoms with Crippen molar-refractivity contribution in [2.24, 2.45) is 0 Å². The maximum Gasteiger partial charge on any atom is 0.248 e. The van der Waals surface area contributed by atoms with Crippen molar-refractivity contribution in [1.29, 1.82) is 0 Å². The highest BCUT2D eigenvalue weighted by Crippen LogP contribution is 2.20. The van der Waals surface area contributed by atoms with Gasteiger partial charge in [-0.15, -0.1) is 0 Å². The molecular formula is C16H21N3O2. The van der Waals surface area contributed by atoms with E-state index in [0.717, 1.165) is 11.3 Å². The standard InChI is InChI=1S/C16H21N3O2/c1-5-13(16(20)18-15-9-11(3)21-19-15)17-14-8-6-7-10(2)12(14)4/h6-9,13,17H,5H2,1-4H3,(H,18,19,20)/t13-/m1/s1. The molecule has 0 aliphatic carbocycles. The number of aryl methyl sites for hydroxylation is 2. The van der Waals surface area contributed by atoms with Gasteiger partial charge in [0.1, 0.15) is 11.8 Å². The van der Waals surface area contributed by atoms with Gasteiger partial charge >= 0.3 is 0 Å². The van der Waals surface area contributed by atoms with Gasteiger partial charge in [-0.2, -0.15) is 0 Å². The number of hydrogen-bond acceptors (Lipinski definition) is 4. The number of amides is 1. The fourth-order valence-corrected chi connectivity index (χ4v) is 2.09. The van der Waals surface area contributed by atoms with E-state index in [1.54, 1.807) is 13.0 Å². The highest BCUT2D eigenvalue weighted by Gasteiger charge is 2.18. The van der Waals surface area contributed by atoms with Gasteiger partial charge in [0.25, 0.3) is 0 Å². The maximum atomic E-state index is 12.3. The lowest BCUT2D eigenvalue weighted by Crippen LogP contribution is -2.34. The van der Waals surface area contributed by atoms with E-state index in [1.165, 1.54) is 5.56 Å². The van der Waals surface area contributed by atoms with E-state index >= 15 is 0 Å². The second kappa shape index (κ2) is 6.43. The van der Waals surface area contributed by atoms with E-state index in [2.05, 4.69) is 28.8 Å². The highest BCUT2D eigenvalue weighted by molar-refractivity contribution is 5.95. The van der Waals surface area contributed by atoms with Crippen LogP contribution in [0.4, 0.5) is 11.5 Å². The van der Waals surface area contributed by atoms with Gasteiger partial charge in [-0.3, -0.25) is 4.79 Å². The van der Waals surface area contributed by atoms with Gasteiger partial charge in [0.05, 0.1) is 0 Å². The SMILES string of the molecule is CC[C@@H](Nc1cccc(C)c1C)C(=O)Nc1cc(C)on1. The second-order valence-corrected chi connectivity index (χ2v) is 5.16. The van der Waals surface area contributed by atoms with Crippen LogP contribution >= 0.6 is 0 Å². The third kappa shape index (κ3) is 3.62. The Bertz CT molecular complexity index is 634. The largest absolute Gasteiger partial charge is 0.373 e. The van der Waals surface area contributed by atoms with E-state index in [0.29, 0.717) is 18.0 Å². The number of anilines is 2. The lowest BCUT2D eigenvalue weighted by Gasteiger charge is -2.19. The molecule has 0 aliphatic rings. The van der Waals surface area contributed by atoms with Crippen LogP contribution in [0.1, 0.15) is 30.2 Å². The van der Waals surface area contributed by atoms with Crippen LogP contribution in [-0.4, -0.2) is 17.1 Å². The number of nitrogens with one attached hydrogen (secondary N) is 2. The molecule has 0 saturated carbocycles. The van der Waals surface area contributed by atoms with Gasteiger partial charge in [-0.25, -0.2) is 0 Å². The summed E-state index contributed by atoms with van der Waals surface area (Å²) in [4.78, 5) is 12.3. The molecule has 1 amide bonds. The van der Waals surface area contributed by atoms with Crippen LogP contribution < -0.4 is 10.6 Å². The minimum absolute atomic E-state index is 0.119. The monoisotopic (exact) mass is 287 g/mol. The first kappa shape index (κ1) is 15.1. The predicted octanol–water partition coefficient (Wildman–Crippen LogP) is 3.43. The van der Waals surface area contributed by atoms with E-state index in [-0.39, 0.29) is 11.9 Å². The Hall–Kier alpha value is -2.30. The fraction of sp³-hybridized carbons (Fsp3) is 0.375. The molecule has 0 aliphatic heterocycles. The molecule has 0 unspecified atom stereocenters. The van der Waals surface area contributed by atoms with Crippen molar-refractivity contribution < 1.29 is 9.32 Å². The first-order valence-corrected chi connectivity index (χ1v) is 7.08. The summed E-state index contributed by atoms with van der Waals surface area (Å²) in [6.45, 7) is 7.85. The lowest BCUT2D eigenvalue weighted by atomic mass is 10.1. The van der Waals surface area contributed by atoms with Crippen molar-refractivity contribution in [3.63, 3.8) is 0 Å². The van der Waals surface area contributed by atoms with Crippen LogP contribution in [0.2, 0.25) is 0 Å². The number of benzene rings is 1. The van der Waals surface area contributed by atoms with E-state index in [1.807, 2.05) is 26.0 Å². The molecule has 1 heterocycles. The number of carbonyl (C=O) groups excluding carboxylic acids is 1. The molecular weight excluding hydrogens is 266 g/mol. The zero-order valence-corrected chi connectivity index (χ0v) is 12.9. The molecule has 0 bridgehead atoms. The quantitative estimate of drug-likeness (QED) is 0.884. The van der Waals surface area contributed by atoms with Crippen molar-refractivity contribution in [3.05, 3.63) is 41.2 Å². The molecule has 5 nitrogen and oxygen atoms in total. The summed E-state index contributed by atoms with van der Waals surface area (Å²) in [6.07, 6.45) is 0.677. The van der Waals surface area contributed by atoms with E-state index in [9.17, 15) is 4.79 Å². The Balaban J connectivity index is 2.08. The molecule has 1 atom stereocenters. The van der Waals surface area contributed by atoms with Crippen LogP contribution in [0.15, 0.2) is 28.8 Å². The molecule has 5 heteroatoms. The first-order valence-electron chi connectivity index (χ1n) is 7.08. The summed E-state index contributed by atoms with van der Waals surface area (Å²) >= 11 is 0. The van der Waals surface area contributed by atoms with Gasteiger partial charge in [-0.1, -0.05) is 24.2 Å². The Kier molecular flexibility index (Phi) is 4.62. The summed E-state index contributed by atoms with van der Waals surface area (Å²) in [6, 6.07) is 7.40. The third-order valence-electron chi connectivity index (χ3n) is 3.54. The molecule has 2 aromatic rings. The molecule has 1 aromatic heterocycles. The first-order chi connectivity index (χ1) is 10.0. The molecule has 0 fully saturated rings. The van der Waals surface area contributed by atoms with Crippen LogP contribution in [0.25, 0.3) is 0 Å². The normalized spacial score (nSPS) is 12.0. The smallest absolute Gasteiger partial charge is 0.248 e. The third-order valence-corrected chi connectivity index (χ3v) is 3.54. The van der Waals surface area contributed by atoms with E-state index < -0.39 is 0 Å². The molecule has 2 rings (SSSR count). The molecule has 0 spiro atoms. The summed E-state index contributed by atoms with van der Waals surface area (Å²) in [5.41, 5.74) is 3.33. The molecule has 21 heavy (non-hydrogen) atoms. The maximum absolute atomic E-state index is 12.3. The summed E-state index contributed by atoms with van der Waals surface area (Å²) in [5.74, 6) is 0.992. The van der Waals surface area contributed by atoms with Gasteiger partial charge in [-0.05, 0) is 44.4 Å². The Labute approximate surface area is 124 Å². The van der Waals surface area contributed by atoms with Crippen LogP contribution in [0.3, 0.4) is 0 Å². The van der Waals surface area contributed by atoms with E-state index in [4.69, 9.17) is 4.52 Å². The highest BCUT2D eigenvalue weighted by atomic mass is 16.5. The summed E-state index contributed by atoms with van der Waals surface area (Å²) in [7, 11) is 0. The Morgan fingerprint density at radius 2 is 2.10 bits per heavy atom. The number of aromatic nitrogens is 1. The number of carbonyl (C=O) groups is 1. The number of hydrogen-bond donors (Lipinski definition) is 2. The average Bonchev–Trinajstić information content (AvgIpc) is 2.85. The fourth-order valence-electron chi connectivity index (χ4n) is 2.09. The van der Waals surface area contributed by atoms with Crippen molar-refractivity contribution in [2.75, 3.05) is 10.6 Å². The molecule has 112 valence electrons. The minimum Gasteiger partial charge on any atom is -0.373 e. The van der Waals surface area contributed by atoms with Crippen LogP contribution in [0.5, 0.6) is 0 Å². The molecule has 2 N–H and O–H groups in total. The zero-order chi connectivity index (χ0) is 15.4. The average molecular weight is 287 g/mol. The molecule has 1 aromatic carbocycles. The van der Waals surface area contributed by atoms with Crippen LogP contribution in [0, 0.1) is 20.8 Å². The van der Waals surface area contributed by atoms with Crippen molar-refractivity contribution in [2.45, 2.75) is 40.2 Å². The van der Waals surface area contributed by atoms with Gasteiger partial charge in [0.2, 0.25) is 5.91 Å². The lowest BCUT2D eigenvalue weighted by molar-refractivity contribution is -0.117. The van der Waals surface area contributed by atoms with Crippen molar-refractivity contribution in [3.8, 4) is 0 Å². The van der Waals surface area contributed by atoms with Gasteiger partial charge < -0.3 is 15.2 Å². The molecule has 0 saturated heterocycles. The Morgan fingerprint density at radius 3 is 2.71 bits per heavy atom. The molecule has 0 radical (unpaired) electrons. The van der Waals surface area contributed by atoms with Gasteiger partial charge in [0.15, 0.2) is 5.82 Å². The summed E-state index contributed by atoms with van der Waals surface area (Å²) in [5, 5.41) is 9.83. The zero-order valence-electron chi connectivity index (χ0n) is 12.9. The Morgan fingerprint density at radius 1 is 1.33 bits per heavy atom. The second-order valence-electron chi connectivity index (χ2n) is 5.16.